The van der Waals surface area contributed by atoms with E-state index in [9.17, 15) is 13.6 Å². The van der Waals surface area contributed by atoms with Gasteiger partial charge in [0, 0.05) is 19.6 Å². The van der Waals surface area contributed by atoms with Crippen molar-refractivity contribution in [2.75, 3.05) is 13.1 Å². The molecule has 2 rings (SSSR count). The van der Waals surface area contributed by atoms with Crippen molar-refractivity contribution in [3.8, 4) is 5.75 Å². The third-order valence-electron chi connectivity index (χ3n) is 2.74. The highest BCUT2D eigenvalue weighted by Crippen LogP contribution is 2.16. The average Bonchev–Trinajstić information content (AvgIpc) is 2.23. The van der Waals surface area contributed by atoms with Crippen molar-refractivity contribution in [1.82, 2.24) is 10.6 Å². The summed E-state index contributed by atoms with van der Waals surface area (Å²) in [5, 5.41) is 5.77. The van der Waals surface area contributed by atoms with Gasteiger partial charge in [-0.2, -0.15) is 8.78 Å². The molecule has 0 atom stereocenters. The first-order chi connectivity index (χ1) is 8.65. The number of amides is 1. The predicted molar refractivity (Wildman–Crippen MR) is 61.3 cm³/mol. The molecule has 1 heterocycles. The highest BCUT2D eigenvalue weighted by Gasteiger charge is 2.24. The van der Waals surface area contributed by atoms with Crippen molar-refractivity contribution in [2.24, 2.45) is 5.92 Å². The van der Waals surface area contributed by atoms with E-state index in [4.69, 9.17) is 0 Å². The minimum absolute atomic E-state index is 0.0190. The van der Waals surface area contributed by atoms with E-state index in [0.29, 0.717) is 19.6 Å². The molecule has 0 spiro atoms. The number of carbonyl (C=O) groups excluding carboxylic acids is 1. The lowest BCUT2D eigenvalue weighted by molar-refractivity contribution is -0.126. The van der Waals surface area contributed by atoms with Gasteiger partial charge in [0.1, 0.15) is 5.75 Å². The van der Waals surface area contributed by atoms with Gasteiger partial charge in [0.15, 0.2) is 0 Å². The summed E-state index contributed by atoms with van der Waals surface area (Å²) >= 11 is 0. The fourth-order valence-corrected chi connectivity index (χ4v) is 1.64. The molecule has 1 saturated heterocycles. The second-order valence-corrected chi connectivity index (χ2v) is 4.10. The third kappa shape index (κ3) is 3.40. The molecule has 1 aliphatic heterocycles. The van der Waals surface area contributed by atoms with E-state index >= 15 is 0 Å². The zero-order valence-corrected chi connectivity index (χ0v) is 9.66. The summed E-state index contributed by atoms with van der Waals surface area (Å²) in [4.78, 5) is 11.6. The van der Waals surface area contributed by atoms with E-state index in [1.807, 2.05) is 0 Å². The van der Waals surface area contributed by atoms with Gasteiger partial charge in [-0.15, -0.1) is 0 Å². The highest BCUT2D eigenvalue weighted by molar-refractivity contribution is 5.79. The van der Waals surface area contributed by atoms with Crippen LogP contribution < -0.4 is 15.4 Å². The normalized spacial score (nSPS) is 15.3. The first-order valence-electron chi connectivity index (χ1n) is 5.67. The Bertz CT molecular complexity index is 422. The van der Waals surface area contributed by atoms with Crippen LogP contribution in [-0.2, 0) is 11.3 Å². The van der Waals surface area contributed by atoms with Crippen LogP contribution in [0.5, 0.6) is 5.75 Å². The maximum atomic E-state index is 12.0. The van der Waals surface area contributed by atoms with Crippen LogP contribution in [0.15, 0.2) is 24.3 Å². The lowest BCUT2D eigenvalue weighted by atomic mass is 10.0. The summed E-state index contributed by atoms with van der Waals surface area (Å²) in [6.45, 7) is -1.13. The van der Waals surface area contributed by atoms with E-state index in [-0.39, 0.29) is 17.6 Å². The van der Waals surface area contributed by atoms with Gasteiger partial charge in [-0.25, -0.2) is 0 Å². The van der Waals surface area contributed by atoms with Gasteiger partial charge in [0.25, 0.3) is 0 Å². The quantitative estimate of drug-likeness (QED) is 0.830. The Kier molecular flexibility index (Phi) is 4.09. The molecule has 1 aliphatic rings. The fourth-order valence-electron chi connectivity index (χ4n) is 1.64. The van der Waals surface area contributed by atoms with Crippen LogP contribution in [0, 0.1) is 5.92 Å². The van der Waals surface area contributed by atoms with Crippen LogP contribution in [0.25, 0.3) is 0 Å². The Labute approximate surface area is 103 Å². The number of nitrogens with one attached hydrogen (secondary N) is 2. The molecule has 2 N–H and O–H groups in total. The Morgan fingerprint density at radius 1 is 1.50 bits per heavy atom. The molecule has 0 unspecified atom stereocenters. The molecular weight excluding hydrogens is 242 g/mol. The van der Waals surface area contributed by atoms with E-state index in [1.165, 1.54) is 12.1 Å². The SMILES string of the molecule is O=C(NCc1cccc(OC(F)F)c1)C1CNC1. The number of carbonyl (C=O) groups is 1. The number of ether oxygens (including phenoxy) is 1. The average molecular weight is 256 g/mol. The van der Waals surface area contributed by atoms with Crippen LogP contribution in [-0.4, -0.2) is 25.6 Å². The van der Waals surface area contributed by atoms with Gasteiger partial charge < -0.3 is 15.4 Å². The van der Waals surface area contributed by atoms with Crippen molar-refractivity contribution in [1.29, 1.82) is 0 Å². The summed E-state index contributed by atoms with van der Waals surface area (Å²) in [5.74, 6) is 0.0986. The summed E-state index contributed by atoms with van der Waals surface area (Å²) < 4.78 is 28.3. The molecule has 0 aromatic heterocycles. The molecule has 4 nitrogen and oxygen atoms in total. The summed E-state index contributed by atoms with van der Waals surface area (Å²) in [6.07, 6.45) is 0. The molecule has 1 aromatic rings. The maximum Gasteiger partial charge on any atom is 0.387 e. The Morgan fingerprint density at radius 3 is 2.89 bits per heavy atom. The zero-order chi connectivity index (χ0) is 13.0. The smallest absolute Gasteiger partial charge is 0.387 e. The van der Waals surface area contributed by atoms with E-state index < -0.39 is 6.61 Å². The second-order valence-electron chi connectivity index (χ2n) is 4.10. The van der Waals surface area contributed by atoms with Crippen molar-refractivity contribution in [3.63, 3.8) is 0 Å². The fraction of sp³-hybridized carbons (Fsp3) is 0.417. The number of halogens is 2. The molecule has 18 heavy (non-hydrogen) atoms. The minimum atomic E-state index is -2.84. The van der Waals surface area contributed by atoms with Crippen molar-refractivity contribution < 1.29 is 18.3 Å². The molecular formula is C12H14F2N2O2. The first-order valence-corrected chi connectivity index (χ1v) is 5.67. The summed E-state index contributed by atoms with van der Waals surface area (Å²) in [6, 6.07) is 6.31. The van der Waals surface area contributed by atoms with Gasteiger partial charge in [-0.05, 0) is 17.7 Å². The molecule has 0 bridgehead atoms. The minimum Gasteiger partial charge on any atom is -0.435 e. The van der Waals surface area contributed by atoms with Crippen LogP contribution in [0.4, 0.5) is 8.78 Å². The highest BCUT2D eigenvalue weighted by atomic mass is 19.3. The van der Waals surface area contributed by atoms with Crippen molar-refractivity contribution in [3.05, 3.63) is 29.8 Å². The van der Waals surface area contributed by atoms with Gasteiger partial charge in [-0.1, -0.05) is 12.1 Å². The molecule has 1 aromatic carbocycles. The van der Waals surface area contributed by atoms with E-state index in [1.54, 1.807) is 12.1 Å². The van der Waals surface area contributed by atoms with Gasteiger partial charge in [0.2, 0.25) is 5.91 Å². The maximum absolute atomic E-state index is 12.0. The van der Waals surface area contributed by atoms with Crippen molar-refractivity contribution >= 4 is 5.91 Å². The molecule has 0 radical (unpaired) electrons. The van der Waals surface area contributed by atoms with Crippen LogP contribution in [0.1, 0.15) is 5.56 Å². The van der Waals surface area contributed by atoms with Crippen molar-refractivity contribution in [2.45, 2.75) is 13.2 Å². The molecule has 98 valence electrons. The van der Waals surface area contributed by atoms with Crippen LogP contribution >= 0.6 is 0 Å². The lowest BCUT2D eigenvalue weighted by Crippen LogP contribution is -2.50. The Balaban J connectivity index is 1.86. The second kappa shape index (κ2) is 5.77. The van der Waals surface area contributed by atoms with E-state index in [0.717, 1.165) is 5.56 Å². The Hall–Kier alpha value is -1.69. The Morgan fingerprint density at radius 2 is 2.28 bits per heavy atom. The topological polar surface area (TPSA) is 50.4 Å². The predicted octanol–water partition coefficient (Wildman–Crippen LogP) is 1.12. The standard InChI is InChI=1S/C12H14F2N2O2/c13-12(14)18-10-3-1-2-8(4-10)5-16-11(17)9-6-15-7-9/h1-4,9,12,15H,5-7H2,(H,16,17). The number of alkyl halides is 2. The van der Waals surface area contributed by atoms with Crippen LogP contribution in [0.2, 0.25) is 0 Å². The van der Waals surface area contributed by atoms with E-state index in [2.05, 4.69) is 15.4 Å². The first kappa shape index (κ1) is 12.8. The molecule has 0 aliphatic carbocycles. The van der Waals surface area contributed by atoms with Gasteiger partial charge in [0.05, 0.1) is 5.92 Å². The van der Waals surface area contributed by atoms with Gasteiger partial charge >= 0.3 is 6.61 Å². The third-order valence-corrected chi connectivity index (χ3v) is 2.74. The summed E-state index contributed by atoms with van der Waals surface area (Å²) in [7, 11) is 0. The number of hydrogen-bond acceptors (Lipinski definition) is 3. The zero-order valence-electron chi connectivity index (χ0n) is 9.66. The number of rotatable bonds is 5. The molecule has 6 heteroatoms. The lowest BCUT2D eigenvalue weighted by Gasteiger charge is -2.25. The number of hydrogen-bond donors (Lipinski definition) is 2. The van der Waals surface area contributed by atoms with Gasteiger partial charge in [-0.3, -0.25) is 4.79 Å². The monoisotopic (exact) mass is 256 g/mol. The number of benzene rings is 1. The molecule has 0 saturated carbocycles. The van der Waals surface area contributed by atoms with Crippen LogP contribution in [0.3, 0.4) is 0 Å². The largest absolute Gasteiger partial charge is 0.435 e. The summed E-state index contributed by atoms with van der Waals surface area (Å²) in [5.41, 5.74) is 0.730. The molecule has 1 fully saturated rings. The molecule has 1 amide bonds.